The summed E-state index contributed by atoms with van der Waals surface area (Å²) in [6.45, 7) is 0. The number of alkyl halides is 1. The van der Waals surface area contributed by atoms with E-state index in [0.29, 0.717) is 16.3 Å². The highest BCUT2D eigenvalue weighted by atomic mass is 35.5. The molecule has 0 aromatic heterocycles. The second kappa shape index (κ2) is 7.34. The van der Waals surface area contributed by atoms with Gasteiger partial charge in [-0.05, 0) is 23.8 Å². The van der Waals surface area contributed by atoms with Gasteiger partial charge in [0.1, 0.15) is 5.75 Å². The molecule has 0 radical (unpaired) electrons. The third-order valence-electron chi connectivity index (χ3n) is 3.07. The molecule has 3 nitrogen and oxygen atoms in total. The predicted molar refractivity (Wildman–Crippen MR) is 85.4 cm³/mol. The number of amides is 1. The second-order valence-corrected chi connectivity index (χ2v) is 5.18. The molecule has 0 aliphatic carbocycles. The van der Waals surface area contributed by atoms with Crippen molar-refractivity contribution in [1.29, 1.82) is 0 Å². The fraction of sp³-hybridized carbons (Fsp3) is 0.188. The van der Waals surface area contributed by atoms with Gasteiger partial charge in [-0.2, -0.15) is 0 Å². The van der Waals surface area contributed by atoms with E-state index in [1.807, 2.05) is 30.3 Å². The van der Waals surface area contributed by atoms with E-state index in [9.17, 15) is 4.79 Å². The Labute approximate surface area is 133 Å². The van der Waals surface area contributed by atoms with Crippen molar-refractivity contribution in [1.82, 2.24) is 5.32 Å². The molecule has 110 valence electrons. The number of rotatable bonds is 5. The van der Waals surface area contributed by atoms with Crippen LogP contribution in [0.15, 0.2) is 48.5 Å². The highest BCUT2D eigenvalue weighted by Crippen LogP contribution is 2.24. The molecule has 1 unspecified atom stereocenters. The van der Waals surface area contributed by atoms with Crippen molar-refractivity contribution >= 4 is 29.1 Å². The summed E-state index contributed by atoms with van der Waals surface area (Å²) >= 11 is 11.9. The Morgan fingerprint density at radius 1 is 1.24 bits per heavy atom. The zero-order chi connectivity index (χ0) is 15.2. The topological polar surface area (TPSA) is 38.3 Å². The molecule has 0 fully saturated rings. The summed E-state index contributed by atoms with van der Waals surface area (Å²) in [7, 11) is 1.51. The summed E-state index contributed by atoms with van der Waals surface area (Å²) in [5, 5.41) is 3.37. The quantitative estimate of drug-likeness (QED) is 0.843. The van der Waals surface area contributed by atoms with E-state index in [1.165, 1.54) is 7.11 Å². The summed E-state index contributed by atoms with van der Waals surface area (Å²) in [5.41, 5.74) is 1.33. The molecule has 0 bridgehead atoms. The van der Waals surface area contributed by atoms with Crippen molar-refractivity contribution < 1.29 is 9.53 Å². The van der Waals surface area contributed by atoms with Crippen LogP contribution in [-0.4, -0.2) is 18.9 Å². The van der Waals surface area contributed by atoms with E-state index < -0.39 is 0 Å². The SMILES string of the molecule is COc1ccc(Cl)cc1C(=O)NC(CCl)c1ccccc1. The summed E-state index contributed by atoms with van der Waals surface area (Å²) in [5.74, 6) is 0.473. The van der Waals surface area contributed by atoms with Crippen LogP contribution in [0.4, 0.5) is 0 Å². The number of carbonyl (C=O) groups is 1. The van der Waals surface area contributed by atoms with Gasteiger partial charge in [-0.25, -0.2) is 0 Å². The van der Waals surface area contributed by atoms with Gasteiger partial charge in [0.05, 0.1) is 18.7 Å². The summed E-state index contributed by atoms with van der Waals surface area (Å²) in [4.78, 5) is 12.4. The highest BCUT2D eigenvalue weighted by Gasteiger charge is 2.18. The maximum atomic E-state index is 12.4. The summed E-state index contributed by atoms with van der Waals surface area (Å²) < 4.78 is 5.19. The third-order valence-corrected chi connectivity index (χ3v) is 3.61. The average molecular weight is 324 g/mol. The van der Waals surface area contributed by atoms with Gasteiger partial charge in [0.2, 0.25) is 0 Å². The maximum absolute atomic E-state index is 12.4. The van der Waals surface area contributed by atoms with Gasteiger partial charge in [0, 0.05) is 10.9 Å². The molecule has 2 aromatic carbocycles. The fourth-order valence-electron chi connectivity index (χ4n) is 1.99. The van der Waals surface area contributed by atoms with Gasteiger partial charge in [-0.1, -0.05) is 41.9 Å². The van der Waals surface area contributed by atoms with E-state index in [0.717, 1.165) is 5.56 Å². The van der Waals surface area contributed by atoms with Crippen molar-refractivity contribution in [3.63, 3.8) is 0 Å². The van der Waals surface area contributed by atoms with E-state index in [1.54, 1.807) is 18.2 Å². The molecular formula is C16H15Cl2NO2. The van der Waals surface area contributed by atoms with E-state index >= 15 is 0 Å². The predicted octanol–water partition coefficient (Wildman–Crippen LogP) is 4.06. The zero-order valence-electron chi connectivity index (χ0n) is 11.5. The highest BCUT2D eigenvalue weighted by molar-refractivity contribution is 6.31. The molecular weight excluding hydrogens is 309 g/mol. The van der Waals surface area contributed by atoms with Crippen molar-refractivity contribution in [2.75, 3.05) is 13.0 Å². The first kappa shape index (κ1) is 15.7. The number of hydrogen-bond donors (Lipinski definition) is 1. The molecule has 1 atom stereocenters. The van der Waals surface area contributed by atoms with Crippen LogP contribution in [0.25, 0.3) is 0 Å². The molecule has 0 spiro atoms. The Hall–Kier alpha value is -1.71. The van der Waals surface area contributed by atoms with E-state index in [2.05, 4.69) is 5.32 Å². The van der Waals surface area contributed by atoms with Crippen LogP contribution in [0.5, 0.6) is 5.75 Å². The number of nitrogens with one attached hydrogen (secondary N) is 1. The van der Waals surface area contributed by atoms with Crippen LogP contribution in [-0.2, 0) is 0 Å². The number of ether oxygens (including phenoxy) is 1. The van der Waals surface area contributed by atoms with E-state index in [-0.39, 0.29) is 17.8 Å². The molecule has 2 rings (SSSR count). The summed E-state index contributed by atoms with van der Waals surface area (Å²) in [6, 6.07) is 14.2. The Bertz CT molecular complexity index is 617. The van der Waals surface area contributed by atoms with Crippen LogP contribution in [0.1, 0.15) is 22.0 Å². The fourth-order valence-corrected chi connectivity index (χ4v) is 2.42. The van der Waals surface area contributed by atoms with E-state index in [4.69, 9.17) is 27.9 Å². The Morgan fingerprint density at radius 2 is 1.95 bits per heavy atom. The lowest BCUT2D eigenvalue weighted by Gasteiger charge is -2.17. The van der Waals surface area contributed by atoms with Crippen LogP contribution in [0.3, 0.4) is 0 Å². The zero-order valence-corrected chi connectivity index (χ0v) is 13.0. The van der Waals surface area contributed by atoms with Crippen molar-refractivity contribution in [3.8, 4) is 5.75 Å². The standard InChI is InChI=1S/C16H15Cl2NO2/c1-21-15-8-7-12(18)9-13(15)16(20)19-14(10-17)11-5-3-2-4-6-11/h2-9,14H,10H2,1H3,(H,19,20). The Morgan fingerprint density at radius 3 is 2.57 bits per heavy atom. The van der Waals surface area contributed by atoms with Crippen LogP contribution in [0.2, 0.25) is 5.02 Å². The van der Waals surface area contributed by atoms with Crippen LogP contribution in [0, 0.1) is 0 Å². The minimum atomic E-state index is -0.274. The number of methoxy groups -OCH3 is 1. The van der Waals surface area contributed by atoms with Crippen molar-refractivity contribution in [3.05, 3.63) is 64.7 Å². The van der Waals surface area contributed by atoms with Gasteiger partial charge in [-0.15, -0.1) is 11.6 Å². The van der Waals surface area contributed by atoms with Crippen molar-refractivity contribution in [2.45, 2.75) is 6.04 Å². The first-order valence-corrected chi connectivity index (χ1v) is 7.32. The maximum Gasteiger partial charge on any atom is 0.255 e. The molecule has 0 saturated carbocycles. The minimum absolute atomic E-state index is 0.274. The number of hydrogen-bond acceptors (Lipinski definition) is 2. The van der Waals surface area contributed by atoms with Gasteiger partial charge in [-0.3, -0.25) is 4.79 Å². The number of carbonyl (C=O) groups excluding carboxylic acids is 1. The second-order valence-electron chi connectivity index (χ2n) is 4.44. The van der Waals surface area contributed by atoms with Crippen LogP contribution >= 0.6 is 23.2 Å². The van der Waals surface area contributed by atoms with Crippen LogP contribution < -0.4 is 10.1 Å². The third kappa shape index (κ3) is 3.90. The van der Waals surface area contributed by atoms with Gasteiger partial charge < -0.3 is 10.1 Å². The van der Waals surface area contributed by atoms with Crippen molar-refractivity contribution in [2.24, 2.45) is 0 Å². The first-order valence-electron chi connectivity index (χ1n) is 6.41. The Kier molecular flexibility index (Phi) is 5.48. The molecule has 5 heteroatoms. The molecule has 0 aliphatic rings. The molecule has 0 heterocycles. The average Bonchev–Trinajstić information content (AvgIpc) is 2.53. The largest absolute Gasteiger partial charge is 0.496 e. The minimum Gasteiger partial charge on any atom is -0.496 e. The monoisotopic (exact) mass is 323 g/mol. The lowest BCUT2D eigenvalue weighted by molar-refractivity contribution is 0.0937. The molecule has 0 aliphatic heterocycles. The van der Waals surface area contributed by atoms with Gasteiger partial charge >= 0.3 is 0 Å². The summed E-state index contributed by atoms with van der Waals surface area (Å²) in [6.07, 6.45) is 0. The van der Waals surface area contributed by atoms with Gasteiger partial charge in [0.15, 0.2) is 0 Å². The van der Waals surface area contributed by atoms with Gasteiger partial charge in [0.25, 0.3) is 5.91 Å². The number of benzene rings is 2. The lowest BCUT2D eigenvalue weighted by atomic mass is 10.1. The Balaban J connectivity index is 2.22. The molecule has 1 amide bonds. The molecule has 0 saturated heterocycles. The molecule has 21 heavy (non-hydrogen) atoms. The number of halogens is 2. The first-order chi connectivity index (χ1) is 10.2. The smallest absolute Gasteiger partial charge is 0.255 e. The molecule has 1 N–H and O–H groups in total. The lowest BCUT2D eigenvalue weighted by Crippen LogP contribution is -2.29. The molecule has 2 aromatic rings. The normalized spacial score (nSPS) is 11.8.